The van der Waals surface area contributed by atoms with Gasteiger partial charge in [-0.25, -0.2) is 12.8 Å². The molecule has 0 fully saturated rings. The molecule has 0 aromatic heterocycles. The second-order valence-electron chi connectivity index (χ2n) is 7.61. The molecule has 0 spiro atoms. The molecule has 35 heavy (non-hydrogen) atoms. The molecule has 0 saturated heterocycles. The lowest BCUT2D eigenvalue weighted by atomic mass is 10.1. The molecule has 3 aromatic carbocycles. The highest BCUT2D eigenvalue weighted by Crippen LogP contribution is 2.35. The highest BCUT2D eigenvalue weighted by atomic mass is 35.5. The zero-order valence-corrected chi connectivity index (χ0v) is 20.9. The Labute approximate surface area is 211 Å². The maximum absolute atomic E-state index is 13.9. The van der Waals surface area contributed by atoms with Gasteiger partial charge in [0.2, 0.25) is 5.91 Å². The SMILES string of the molecule is CCC(C(=O)Nc1cc(O)c(NC(=O)c2cc(F)c(C)c(Cl)c2)cc1Cl)S(=O)(=O)c1ccccc1. The Morgan fingerprint density at radius 3 is 2.26 bits per heavy atom. The van der Waals surface area contributed by atoms with Crippen molar-refractivity contribution in [3.05, 3.63) is 81.6 Å². The Balaban J connectivity index is 1.82. The molecule has 3 rings (SSSR count). The van der Waals surface area contributed by atoms with Gasteiger partial charge in [0.1, 0.15) is 16.8 Å². The molecule has 7 nitrogen and oxygen atoms in total. The van der Waals surface area contributed by atoms with Crippen LogP contribution in [0.2, 0.25) is 10.0 Å². The van der Waals surface area contributed by atoms with Crippen molar-refractivity contribution in [3.8, 4) is 5.75 Å². The number of amides is 2. The average molecular weight is 539 g/mol. The molecule has 0 saturated carbocycles. The summed E-state index contributed by atoms with van der Waals surface area (Å²) in [5.74, 6) is -2.72. The highest BCUT2D eigenvalue weighted by molar-refractivity contribution is 7.92. The second kappa shape index (κ2) is 10.6. The van der Waals surface area contributed by atoms with E-state index in [2.05, 4.69) is 10.6 Å². The number of hydrogen-bond donors (Lipinski definition) is 3. The van der Waals surface area contributed by atoms with Gasteiger partial charge < -0.3 is 15.7 Å². The van der Waals surface area contributed by atoms with E-state index in [-0.39, 0.29) is 43.9 Å². The van der Waals surface area contributed by atoms with Gasteiger partial charge in [0.25, 0.3) is 5.91 Å². The van der Waals surface area contributed by atoms with Crippen LogP contribution in [-0.2, 0) is 14.6 Å². The molecule has 1 unspecified atom stereocenters. The molecule has 0 aliphatic heterocycles. The molecular weight excluding hydrogens is 518 g/mol. The number of phenols is 1. The number of halogens is 3. The molecule has 0 aliphatic rings. The van der Waals surface area contributed by atoms with Crippen molar-refractivity contribution in [1.29, 1.82) is 0 Å². The summed E-state index contributed by atoms with van der Waals surface area (Å²) in [7, 11) is -3.97. The van der Waals surface area contributed by atoms with Gasteiger partial charge in [-0.2, -0.15) is 0 Å². The topological polar surface area (TPSA) is 113 Å². The van der Waals surface area contributed by atoms with Gasteiger partial charge in [0.15, 0.2) is 9.84 Å². The van der Waals surface area contributed by atoms with Gasteiger partial charge in [0.05, 0.1) is 21.3 Å². The molecule has 11 heteroatoms. The smallest absolute Gasteiger partial charge is 0.255 e. The van der Waals surface area contributed by atoms with Crippen molar-refractivity contribution in [3.63, 3.8) is 0 Å². The van der Waals surface area contributed by atoms with Gasteiger partial charge in [-0.1, -0.05) is 48.3 Å². The van der Waals surface area contributed by atoms with Crippen LogP contribution in [0.5, 0.6) is 5.75 Å². The number of sulfone groups is 1. The zero-order chi connectivity index (χ0) is 25.9. The van der Waals surface area contributed by atoms with Crippen molar-refractivity contribution in [2.24, 2.45) is 0 Å². The number of phenolic OH excluding ortho intramolecular Hbond substituents is 1. The van der Waals surface area contributed by atoms with E-state index in [1.54, 1.807) is 25.1 Å². The lowest BCUT2D eigenvalue weighted by molar-refractivity contribution is -0.115. The van der Waals surface area contributed by atoms with E-state index in [4.69, 9.17) is 23.2 Å². The summed E-state index contributed by atoms with van der Waals surface area (Å²) in [4.78, 5) is 25.3. The van der Waals surface area contributed by atoms with E-state index in [0.717, 1.165) is 12.1 Å². The molecule has 0 radical (unpaired) electrons. The van der Waals surface area contributed by atoms with Crippen molar-refractivity contribution in [1.82, 2.24) is 0 Å². The summed E-state index contributed by atoms with van der Waals surface area (Å²) in [5, 5.41) is 13.8. The van der Waals surface area contributed by atoms with Crippen LogP contribution in [-0.4, -0.2) is 30.6 Å². The first-order valence-corrected chi connectivity index (χ1v) is 12.6. The Hall–Kier alpha value is -3.14. The van der Waals surface area contributed by atoms with Gasteiger partial charge >= 0.3 is 0 Å². The quantitative estimate of drug-likeness (QED) is 0.339. The van der Waals surface area contributed by atoms with Crippen LogP contribution in [0.3, 0.4) is 0 Å². The Morgan fingerprint density at radius 1 is 1.00 bits per heavy atom. The average Bonchev–Trinajstić information content (AvgIpc) is 2.81. The minimum atomic E-state index is -3.97. The molecule has 3 N–H and O–H groups in total. The number of carbonyl (C=O) groups is 2. The number of nitrogens with one attached hydrogen (secondary N) is 2. The summed E-state index contributed by atoms with van der Waals surface area (Å²) >= 11 is 12.1. The van der Waals surface area contributed by atoms with E-state index in [9.17, 15) is 27.5 Å². The van der Waals surface area contributed by atoms with Crippen molar-refractivity contribution in [2.45, 2.75) is 30.4 Å². The number of benzene rings is 3. The van der Waals surface area contributed by atoms with Crippen LogP contribution in [0, 0.1) is 12.7 Å². The minimum absolute atomic E-state index is 0.00153. The Kier molecular flexibility index (Phi) is 8.04. The molecule has 0 bridgehead atoms. The lowest BCUT2D eigenvalue weighted by Crippen LogP contribution is -2.34. The van der Waals surface area contributed by atoms with E-state index >= 15 is 0 Å². The molecule has 0 aliphatic carbocycles. The summed E-state index contributed by atoms with van der Waals surface area (Å²) in [6.45, 7) is 3.02. The van der Waals surface area contributed by atoms with Crippen molar-refractivity contribution >= 4 is 56.2 Å². The number of rotatable bonds is 7. The fraction of sp³-hybridized carbons (Fsp3) is 0.167. The Bertz CT molecular complexity index is 1380. The fourth-order valence-corrected chi connectivity index (χ4v) is 5.33. The standard InChI is InChI=1S/C24H21Cl2FN2O5S/c1-3-22(35(33,34)15-7-5-4-6-8-15)24(32)28-19-12-21(30)20(11-17(19)26)29-23(31)14-9-16(25)13(2)18(27)10-14/h4-12,22,30H,3H2,1-2H3,(H,28,32)(H,29,31). The number of aromatic hydroxyl groups is 1. The van der Waals surface area contributed by atoms with Gasteiger partial charge in [-0.3, -0.25) is 9.59 Å². The van der Waals surface area contributed by atoms with E-state index in [1.165, 1.54) is 31.2 Å². The van der Waals surface area contributed by atoms with Crippen LogP contribution in [0.15, 0.2) is 59.5 Å². The van der Waals surface area contributed by atoms with Crippen LogP contribution in [0.1, 0.15) is 29.3 Å². The Morgan fingerprint density at radius 2 is 1.66 bits per heavy atom. The number of carbonyl (C=O) groups excluding carboxylic acids is 2. The third kappa shape index (κ3) is 5.75. The monoisotopic (exact) mass is 538 g/mol. The number of anilines is 2. The first kappa shape index (κ1) is 26.5. The first-order valence-electron chi connectivity index (χ1n) is 10.3. The van der Waals surface area contributed by atoms with Gasteiger partial charge in [-0.15, -0.1) is 0 Å². The van der Waals surface area contributed by atoms with Gasteiger partial charge in [-0.05, 0) is 43.7 Å². The summed E-state index contributed by atoms with van der Waals surface area (Å²) in [6.07, 6.45) is -0.00350. The van der Waals surface area contributed by atoms with Gasteiger partial charge in [0, 0.05) is 22.2 Å². The summed E-state index contributed by atoms with van der Waals surface area (Å²) in [6, 6.07) is 12.1. The molecular formula is C24H21Cl2FN2O5S. The van der Waals surface area contributed by atoms with Crippen LogP contribution in [0.25, 0.3) is 0 Å². The van der Waals surface area contributed by atoms with Crippen LogP contribution < -0.4 is 10.6 Å². The first-order chi connectivity index (χ1) is 16.4. The second-order valence-corrected chi connectivity index (χ2v) is 10.6. The van der Waals surface area contributed by atoms with Crippen molar-refractivity contribution < 1.29 is 27.5 Å². The van der Waals surface area contributed by atoms with Crippen LogP contribution in [0.4, 0.5) is 15.8 Å². The predicted molar refractivity (Wildman–Crippen MR) is 134 cm³/mol. The normalized spacial score (nSPS) is 12.1. The maximum atomic E-state index is 13.9. The molecule has 184 valence electrons. The van der Waals surface area contributed by atoms with Crippen molar-refractivity contribution in [2.75, 3.05) is 10.6 Å². The third-order valence-electron chi connectivity index (χ3n) is 5.24. The third-order valence-corrected chi connectivity index (χ3v) is 8.18. The number of hydrogen-bond acceptors (Lipinski definition) is 5. The predicted octanol–water partition coefficient (Wildman–Crippen LogP) is 5.59. The molecule has 1 atom stereocenters. The summed E-state index contributed by atoms with van der Waals surface area (Å²) in [5.41, 5.74) is -0.0610. The fourth-order valence-electron chi connectivity index (χ4n) is 3.26. The molecule has 0 heterocycles. The highest BCUT2D eigenvalue weighted by Gasteiger charge is 2.33. The minimum Gasteiger partial charge on any atom is -0.506 e. The molecule has 2 amide bonds. The molecule has 3 aromatic rings. The largest absolute Gasteiger partial charge is 0.506 e. The van der Waals surface area contributed by atoms with E-state index in [0.29, 0.717) is 0 Å². The maximum Gasteiger partial charge on any atom is 0.255 e. The zero-order valence-electron chi connectivity index (χ0n) is 18.6. The lowest BCUT2D eigenvalue weighted by Gasteiger charge is -2.17. The van der Waals surface area contributed by atoms with Crippen LogP contribution >= 0.6 is 23.2 Å². The van der Waals surface area contributed by atoms with E-state index in [1.807, 2.05) is 0 Å². The summed E-state index contributed by atoms with van der Waals surface area (Å²) < 4.78 is 39.7. The van der Waals surface area contributed by atoms with E-state index < -0.39 is 38.5 Å².